The van der Waals surface area contributed by atoms with E-state index in [1.807, 2.05) is 36.6 Å². The highest BCUT2D eigenvalue weighted by Crippen LogP contribution is 2.34. The van der Waals surface area contributed by atoms with E-state index in [0.29, 0.717) is 10.7 Å². The second-order valence-corrected chi connectivity index (χ2v) is 10.9. The van der Waals surface area contributed by atoms with Gasteiger partial charge in [0.1, 0.15) is 0 Å². The molecular weight excluding hydrogens is 414 g/mol. The minimum Gasteiger partial charge on any atom is -0.335 e. The van der Waals surface area contributed by atoms with Crippen LogP contribution in [0.3, 0.4) is 0 Å². The molecule has 2 aromatic carbocycles. The van der Waals surface area contributed by atoms with Crippen LogP contribution in [0.2, 0.25) is 0 Å². The third kappa shape index (κ3) is 4.37. The van der Waals surface area contributed by atoms with E-state index >= 15 is 0 Å². The number of nitrogens with one attached hydrogen (secondary N) is 2. The molecule has 0 aromatic heterocycles. The van der Waals surface area contributed by atoms with Crippen LogP contribution in [0.25, 0.3) is 0 Å². The molecule has 28 heavy (non-hydrogen) atoms. The molecule has 146 valence electrons. The number of sulfone groups is 1. The van der Waals surface area contributed by atoms with Gasteiger partial charge in [0.2, 0.25) is 0 Å². The van der Waals surface area contributed by atoms with Crippen LogP contribution in [-0.4, -0.2) is 48.5 Å². The number of hydrogen-bond acceptors (Lipinski definition) is 7. The maximum Gasteiger partial charge on any atom is 0.255 e. The van der Waals surface area contributed by atoms with Gasteiger partial charge in [0, 0.05) is 27.1 Å². The lowest BCUT2D eigenvalue weighted by Gasteiger charge is -2.10. The topological polar surface area (TPSA) is 87.6 Å². The number of nitrogens with zero attached hydrogens (tertiary/aromatic N) is 1. The predicted octanol–water partition coefficient (Wildman–Crippen LogP) is 3.34. The van der Waals surface area contributed by atoms with Crippen LogP contribution < -0.4 is 10.6 Å². The second kappa shape index (κ2) is 7.81. The molecule has 2 aliphatic heterocycles. The summed E-state index contributed by atoms with van der Waals surface area (Å²) in [6.45, 7) is 0. The summed E-state index contributed by atoms with van der Waals surface area (Å²) in [5.41, 5.74) is 2.03. The summed E-state index contributed by atoms with van der Waals surface area (Å²) < 4.78 is 23.3. The van der Waals surface area contributed by atoms with Gasteiger partial charge in [-0.15, -0.1) is 11.8 Å². The number of anilines is 2. The van der Waals surface area contributed by atoms with Crippen LogP contribution in [-0.2, 0) is 9.84 Å². The van der Waals surface area contributed by atoms with E-state index in [1.165, 1.54) is 11.8 Å². The molecule has 2 atom stereocenters. The van der Waals surface area contributed by atoms with Gasteiger partial charge >= 0.3 is 0 Å². The number of aliphatic imine (C=N–C) groups is 1. The average Bonchev–Trinajstić information content (AvgIpc) is 3.14. The zero-order valence-corrected chi connectivity index (χ0v) is 17.5. The van der Waals surface area contributed by atoms with Crippen LogP contribution in [0.4, 0.5) is 11.4 Å². The third-order valence-electron chi connectivity index (χ3n) is 4.52. The lowest BCUT2D eigenvalue weighted by Crippen LogP contribution is -2.14. The summed E-state index contributed by atoms with van der Waals surface area (Å²) in [5.74, 6) is 0.105. The quantitative estimate of drug-likeness (QED) is 0.719. The van der Waals surface area contributed by atoms with Crippen molar-refractivity contribution in [3.05, 3.63) is 54.1 Å². The molecule has 2 N–H and O–H groups in total. The Morgan fingerprint density at radius 3 is 2.71 bits per heavy atom. The summed E-state index contributed by atoms with van der Waals surface area (Å²) in [5, 5.41) is 6.81. The molecule has 1 fully saturated rings. The van der Waals surface area contributed by atoms with E-state index in [-0.39, 0.29) is 28.7 Å². The van der Waals surface area contributed by atoms with Gasteiger partial charge in [-0.2, -0.15) is 0 Å². The van der Waals surface area contributed by atoms with E-state index in [1.54, 1.807) is 30.0 Å². The van der Waals surface area contributed by atoms with Crippen molar-refractivity contribution >= 4 is 55.8 Å². The molecule has 9 heteroatoms. The van der Waals surface area contributed by atoms with Crippen LogP contribution in [0.15, 0.2) is 58.4 Å². The third-order valence-corrected chi connectivity index (χ3v) is 8.39. The minimum atomic E-state index is -2.96. The number of hydrogen-bond donors (Lipinski definition) is 2. The Kier molecular flexibility index (Phi) is 5.39. The SMILES string of the molecule is CSc1cccc(NC(=O)c2cccc(NC3=N[C@H]4CS(=O)(=O)C[C@H]4S3)c2)c1. The molecule has 0 spiro atoms. The number of amidine groups is 1. The summed E-state index contributed by atoms with van der Waals surface area (Å²) in [7, 11) is -2.96. The molecule has 4 rings (SSSR count). The molecule has 2 aliphatic rings. The molecular formula is C19H19N3O3S3. The molecule has 0 radical (unpaired) electrons. The van der Waals surface area contributed by atoms with Crippen LogP contribution in [0.5, 0.6) is 0 Å². The number of thioether (sulfide) groups is 2. The first kappa shape index (κ1) is 19.4. The maximum absolute atomic E-state index is 12.6. The van der Waals surface area contributed by atoms with Crippen LogP contribution in [0.1, 0.15) is 10.4 Å². The van der Waals surface area contributed by atoms with Crippen molar-refractivity contribution in [3.63, 3.8) is 0 Å². The fraction of sp³-hybridized carbons (Fsp3) is 0.263. The highest BCUT2D eigenvalue weighted by atomic mass is 32.2. The first-order valence-electron chi connectivity index (χ1n) is 8.69. The molecule has 0 aliphatic carbocycles. The van der Waals surface area contributed by atoms with Crippen molar-refractivity contribution in [2.45, 2.75) is 16.2 Å². The molecule has 1 saturated heterocycles. The standard InChI is InChI=1S/C19H19N3O3S3/c1-26-15-7-3-6-14(9-15)20-18(23)12-4-2-5-13(8-12)21-19-22-16-10-28(24,25)11-17(16)27-19/h2-9,16-17H,10-11H2,1H3,(H,20,23)(H,21,22)/t16-,17+/m0/s1. The van der Waals surface area contributed by atoms with E-state index in [2.05, 4.69) is 15.6 Å². The predicted molar refractivity (Wildman–Crippen MR) is 117 cm³/mol. The molecule has 0 bridgehead atoms. The zero-order valence-electron chi connectivity index (χ0n) is 15.1. The average molecular weight is 434 g/mol. The van der Waals surface area contributed by atoms with Crippen molar-refractivity contribution in [1.29, 1.82) is 0 Å². The van der Waals surface area contributed by atoms with Gasteiger partial charge in [-0.3, -0.25) is 9.79 Å². The lowest BCUT2D eigenvalue weighted by atomic mass is 10.2. The fourth-order valence-electron chi connectivity index (χ4n) is 3.18. The Morgan fingerprint density at radius 2 is 1.93 bits per heavy atom. The monoisotopic (exact) mass is 433 g/mol. The molecule has 0 saturated carbocycles. The van der Waals surface area contributed by atoms with Gasteiger partial charge in [0.15, 0.2) is 15.0 Å². The zero-order chi connectivity index (χ0) is 19.7. The number of carbonyl (C=O) groups excluding carboxylic acids is 1. The Labute approximate surface area is 172 Å². The summed E-state index contributed by atoms with van der Waals surface area (Å²) >= 11 is 3.07. The lowest BCUT2D eigenvalue weighted by molar-refractivity contribution is 0.102. The number of rotatable bonds is 4. The fourth-order valence-corrected chi connectivity index (χ4v) is 7.32. The molecule has 6 nitrogen and oxygen atoms in total. The smallest absolute Gasteiger partial charge is 0.255 e. The summed E-state index contributed by atoms with van der Waals surface area (Å²) in [6.07, 6.45) is 1.99. The van der Waals surface area contributed by atoms with Crippen molar-refractivity contribution in [3.8, 4) is 0 Å². The molecule has 0 unspecified atom stereocenters. The van der Waals surface area contributed by atoms with E-state index in [0.717, 1.165) is 16.3 Å². The molecule has 1 amide bonds. The van der Waals surface area contributed by atoms with Crippen molar-refractivity contribution in [2.24, 2.45) is 4.99 Å². The van der Waals surface area contributed by atoms with Crippen molar-refractivity contribution in [2.75, 3.05) is 28.4 Å². The first-order valence-corrected chi connectivity index (χ1v) is 12.6. The normalized spacial score (nSPS) is 22.4. The molecule has 2 heterocycles. The van der Waals surface area contributed by atoms with Gasteiger partial charge in [-0.05, 0) is 42.7 Å². The Hall–Kier alpha value is -1.97. The van der Waals surface area contributed by atoms with E-state index in [9.17, 15) is 13.2 Å². The number of amides is 1. The van der Waals surface area contributed by atoms with Crippen molar-refractivity contribution < 1.29 is 13.2 Å². The van der Waals surface area contributed by atoms with Gasteiger partial charge in [-0.25, -0.2) is 8.42 Å². The van der Waals surface area contributed by atoms with E-state index < -0.39 is 9.84 Å². The highest BCUT2D eigenvalue weighted by molar-refractivity contribution is 8.15. The number of benzene rings is 2. The van der Waals surface area contributed by atoms with Gasteiger partial charge in [-0.1, -0.05) is 23.9 Å². The minimum absolute atomic E-state index is 0.0114. The highest BCUT2D eigenvalue weighted by Gasteiger charge is 2.42. The van der Waals surface area contributed by atoms with Crippen LogP contribution in [0, 0.1) is 0 Å². The Balaban J connectivity index is 1.44. The second-order valence-electron chi connectivity index (χ2n) is 6.63. The largest absolute Gasteiger partial charge is 0.335 e. The summed E-state index contributed by atoms with van der Waals surface area (Å²) in [6, 6.07) is 14.7. The number of fused-ring (bicyclic) bond motifs is 1. The van der Waals surface area contributed by atoms with E-state index in [4.69, 9.17) is 0 Å². The van der Waals surface area contributed by atoms with Gasteiger partial charge in [0.05, 0.1) is 17.5 Å². The van der Waals surface area contributed by atoms with Gasteiger partial charge < -0.3 is 10.6 Å². The Morgan fingerprint density at radius 1 is 1.14 bits per heavy atom. The maximum atomic E-state index is 12.6. The summed E-state index contributed by atoms with van der Waals surface area (Å²) in [4.78, 5) is 18.2. The van der Waals surface area contributed by atoms with Crippen molar-refractivity contribution in [1.82, 2.24) is 0 Å². The molecule has 2 aromatic rings. The Bertz CT molecular complexity index is 1050. The number of carbonyl (C=O) groups is 1. The van der Waals surface area contributed by atoms with Gasteiger partial charge in [0.25, 0.3) is 5.91 Å². The first-order chi connectivity index (χ1) is 13.4. The van der Waals surface area contributed by atoms with Crippen LogP contribution >= 0.6 is 23.5 Å².